The van der Waals surface area contributed by atoms with Crippen LogP contribution in [0.15, 0.2) is 42.7 Å². The Hall–Kier alpha value is -2.27. The highest BCUT2D eigenvalue weighted by molar-refractivity contribution is 6.33. The van der Waals surface area contributed by atoms with Crippen LogP contribution in [-0.4, -0.2) is 17.4 Å². The number of halogens is 1. The van der Waals surface area contributed by atoms with Gasteiger partial charge >= 0.3 is 0 Å². The Balaban J connectivity index is 2.29. The average Bonchev–Trinajstić information content (AvgIpc) is 2.38. The molecule has 0 fully saturated rings. The number of hydrogen-bond acceptors (Lipinski definition) is 4. The highest BCUT2D eigenvalue weighted by Crippen LogP contribution is 2.25. The standard InChI is InChI=1S/C14H15ClN4O/c15-12-7-18-5-4-13(12)19(9-14(17)20)8-10-2-1-3-11(16)6-10/h1-7H,8-9,16H2,(H2,17,20). The van der Waals surface area contributed by atoms with Crippen molar-refractivity contribution in [2.45, 2.75) is 6.54 Å². The van der Waals surface area contributed by atoms with Crippen LogP contribution < -0.4 is 16.4 Å². The number of rotatable bonds is 5. The zero-order valence-corrected chi connectivity index (χ0v) is 11.5. The first-order chi connectivity index (χ1) is 9.56. The maximum Gasteiger partial charge on any atom is 0.236 e. The number of carbonyl (C=O) groups is 1. The summed E-state index contributed by atoms with van der Waals surface area (Å²) in [7, 11) is 0. The summed E-state index contributed by atoms with van der Waals surface area (Å²) in [5.41, 5.74) is 13.4. The van der Waals surface area contributed by atoms with E-state index in [-0.39, 0.29) is 6.54 Å². The van der Waals surface area contributed by atoms with Gasteiger partial charge in [0, 0.05) is 24.6 Å². The quantitative estimate of drug-likeness (QED) is 0.822. The van der Waals surface area contributed by atoms with Gasteiger partial charge in [0.1, 0.15) is 0 Å². The van der Waals surface area contributed by atoms with Gasteiger partial charge in [0.15, 0.2) is 0 Å². The first kappa shape index (κ1) is 14.1. The molecule has 0 saturated heterocycles. The van der Waals surface area contributed by atoms with Crippen molar-refractivity contribution in [3.63, 3.8) is 0 Å². The van der Waals surface area contributed by atoms with Crippen LogP contribution in [0.1, 0.15) is 5.56 Å². The third-order valence-electron chi connectivity index (χ3n) is 2.76. The minimum atomic E-state index is -0.429. The molecule has 0 aliphatic rings. The van der Waals surface area contributed by atoms with Crippen molar-refractivity contribution in [2.24, 2.45) is 5.73 Å². The molecule has 2 rings (SSSR count). The molecule has 1 aromatic carbocycles. The number of carbonyl (C=O) groups excluding carboxylic acids is 1. The van der Waals surface area contributed by atoms with E-state index < -0.39 is 5.91 Å². The second-order valence-electron chi connectivity index (χ2n) is 4.39. The molecular formula is C14H15ClN4O. The van der Waals surface area contributed by atoms with E-state index in [4.69, 9.17) is 23.1 Å². The minimum absolute atomic E-state index is 0.0680. The molecule has 0 unspecified atom stereocenters. The van der Waals surface area contributed by atoms with Crippen LogP contribution in [0.2, 0.25) is 5.02 Å². The second kappa shape index (κ2) is 6.25. The summed E-state index contributed by atoms with van der Waals surface area (Å²) in [5, 5.41) is 0.470. The maximum absolute atomic E-state index is 11.2. The number of aromatic nitrogens is 1. The summed E-state index contributed by atoms with van der Waals surface area (Å²) >= 11 is 6.12. The number of nitrogen functional groups attached to an aromatic ring is 1. The van der Waals surface area contributed by atoms with Crippen molar-refractivity contribution in [1.29, 1.82) is 0 Å². The van der Waals surface area contributed by atoms with Gasteiger partial charge in [-0.25, -0.2) is 0 Å². The molecule has 6 heteroatoms. The van der Waals surface area contributed by atoms with Crippen LogP contribution in [-0.2, 0) is 11.3 Å². The molecule has 0 radical (unpaired) electrons. The number of anilines is 2. The molecule has 1 aromatic heterocycles. The maximum atomic E-state index is 11.2. The van der Waals surface area contributed by atoms with Crippen molar-refractivity contribution in [1.82, 2.24) is 4.98 Å². The fraction of sp³-hybridized carbons (Fsp3) is 0.143. The number of primary amides is 1. The van der Waals surface area contributed by atoms with E-state index >= 15 is 0 Å². The summed E-state index contributed by atoms with van der Waals surface area (Å²) in [5.74, 6) is -0.429. The number of amides is 1. The molecule has 104 valence electrons. The molecule has 0 saturated carbocycles. The van der Waals surface area contributed by atoms with Crippen LogP contribution in [0.25, 0.3) is 0 Å². The normalized spacial score (nSPS) is 10.2. The Bertz CT molecular complexity index is 618. The predicted molar refractivity (Wildman–Crippen MR) is 80.3 cm³/mol. The second-order valence-corrected chi connectivity index (χ2v) is 4.80. The number of benzene rings is 1. The monoisotopic (exact) mass is 290 g/mol. The number of nitrogens with zero attached hydrogens (tertiary/aromatic N) is 2. The van der Waals surface area contributed by atoms with E-state index in [9.17, 15) is 4.79 Å². The zero-order chi connectivity index (χ0) is 14.5. The van der Waals surface area contributed by atoms with Gasteiger partial charge in [0.25, 0.3) is 0 Å². The van der Waals surface area contributed by atoms with Crippen LogP contribution in [0.4, 0.5) is 11.4 Å². The molecule has 20 heavy (non-hydrogen) atoms. The summed E-state index contributed by atoms with van der Waals surface area (Å²) in [6.07, 6.45) is 3.15. The largest absolute Gasteiger partial charge is 0.399 e. The molecular weight excluding hydrogens is 276 g/mol. The Morgan fingerprint density at radius 3 is 2.80 bits per heavy atom. The third-order valence-corrected chi connectivity index (χ3v) is 3.05. The van der Waals surface area contributed by atoms with Gasteiger partial charge in [0.05, 0.1) is 17.3 Å². The molecule has 0 aliphatic heterocycles. The third kappa shape index (κ3) is 3.61. The SMILES string of the molecule is NC(=O)CN(Cc1cccc(N)c1)c1ccncc1Cl. The molecule has 4 N–H and O–H groups in total. The lowest BCUT2D eigenvalue weighted by Gasteiger charge is -2.24. The van der Waals surface area contributed by atoms with Gasteiger partial charge in [-0.1, -0.05) is 23.7 Å². The van der Waals surface area contributed by atoms with E-state index in [0.29, 0.717) is 22.9 Å². The summed E-state index contributed by atoms with van der Waals surface area (Å²) in [4.78, 5) is 17.0. The minimum Gasteiger partial charge on any atom is -0.399 e. The molecule has 2 aromatic rings. The van der Waals surface area contributed by atoms with Crippen LogP contribution in [0.3, 0.4) is 0 Å². The van der Waals surface area contributed by atoms with Gasteiger partial charge < -0.3 is 16.4 Å². The van der Waals surface area contributed by atoms with Crippen molar-refractivity contribution < 1.29 is 4.79 Å². The first-order valence-corrected chi connectivity index (χ1v) is 6.41. The number of nitrogens with two attached hydrogens (primary N) is 2. The highest BCUT2D eigenvalue weighted by Gasteiger charge is 2.13. The van der Waals surface area contributed by atoms with Gasteiger partial charge in [-0.15, -0.1) is 0 Å². The Labute approximate surface area is 122 Å². The van der Waals surface area contributed by atoms with Gasteiger partial charge in [-0.2, -0.15) is 0 Å². The molecule has 0 aliphatic carbocycles. The smallest absolute Gasteiger partial charge is 0.236 e. The summed E-state index contributed by atoms with van der Waals surface area (Å²) in [6.45, 7) is 0.552. The Morgan fingerprint density at radius 2 is 2.15 bits per heavy atom. The molecule has 1 heterocycles. The number of pyridine rings is 1. The van der Waals surface area contributed by atoms with E-state index in [1.54, 1.807) is 23.2 Å². The molecule has 5 nitrogen and oxygen atoms in total. The van der Waals surface area contributed by atoms with E-state index in [1.807, 2.05) is 18.2 Å². The lowest BCUT2D eigenvalue weighted by molar-refractivity contribution is -0.116. The van der Waals surface area contributed by atoms with Crippen molar-refractivity contribution >= 4 is 28.9 Å². The van der Waals surface area contributed by atoms with E-state index in [1.165, 1.54) is 6.20 Å². The zero-order valence-electron chi connectivity index (χ0n) is 10.8. The summed E-state index contributed by atoms with van der Waals surface area (Å²) in [6, 6.07) is 9.20. The van der Waals surface area contributed by atoms with E-state index in [0.717, 1.165) is 5.56 Å². The number of hydrogen-bond donors (Lipinski definition) is 2. The fourth-order valence-corrected chi connectivity index (χ4v) is 2.19. The average molecular weight is 291 g/mol. The molecule has 0 spiro atoms. The van der Waals surface area contributed by atoms with Gasteiger partial charge in [-0.3, -0.25) is 9.78 Å². The van der Waals surface area contributed by atoms with Gasteiger partial charge in [-0.05, 0) is 23.8 Å². The Kier molecular flexibility index (Phi) is 4.42. The Morgan fingerprint density at radius 1 is 1.35 bits per heavy atom. The predicted octanol–water partition coefficient (Wildman–Crippen LogP) is 1.81. The lowest BCUT2D eigenvalue weighted by atomic mass is 10.2. The molecule has 1 amide bonds. The topological polar surface area (TPSA) is 85.2 Å². The first-order valence-electron chi connectivity index (χ1n) is 6.03. The van der Waals surface area contributed by atoms with Crippen molar-refractivity contribution in [3.8, 4) is 0 Å². The van der Waals surface area contributed by atoms with Gasteiger partial charge in [0.2, 0.25) is 5.91 Å². The van der Waals surface area contributed by atoms with Crippen LogP contribution in [0.5, 0.6) is 0 Å². The van der Waals surface area contributed by atoms with Crippen LogP contribution >= 0.6 is 11.6 Å². The lowest BCUT2D eigenvalue weighted by Crippen LogP contribution is -2.33. The molecule has 0 atom stereocenters. The fourth-order valence-electron chi connectivity index (χ4n) is 1.95. The van der Waals surface area contributed by atoms with Crippen molar-refractivity contribution in [2.75, 3.05) is 17.2 Å². The van der Waals surface area contributed by atoms with E-state index in [2.05, 4.69) is 4.98 Å². The van der Waals surface area contributed by atoms with Crippen molar-refractivity contribution in [3.05, 3.63) is 53.3 Å². The van der Waals surface area contributed by atoms with Crippen LogP contribution in [0, 0.1) is 0 Å². The molecule has 0 bridgehead atoms. The summed E-state index contributed by atoms with van der Waals surface area (Å²) < 4.78 is 0. The highest BCUT2D eigenvalue weighted by atomic mass is 35.5.